The maximum Gasteiger partial charge on any atom is 0.183 e. The van der Waals surface area contributed by atoms with Crippen molar-refractivity contribution in [3.05, 3.63) is 0 Å². The number of guanidine groups is 1. The van der Waals surface area contributed by atoms with Crippen LogP contribution in [0.2, 0.25) is 0 Å². The Morgan fingerprint density at radius 1 is 1.40 bits per heavy atom. The van der Waals surface area contributed by atoms with Crippen molar-refractivity contribution in [2.24, 2.45) is 11.5 Å². The molecule has 0 rings (SSSR count). The molecule has 3 nitrogen and oxygen atoms in total. The van der Waals surface area contributed by atoms with Gasteiger partial charge in [0.1, 0.15) is 0 Å². The molecule has 0 unspecified atom stereocenters. The maximum absolute atomic E-state index is 6.06. The molecule has 0 spiro atoms. The van der Waals surface area contributed by atoms with Gasteiger partial charge in [0.2, 0.25) is 0 Å². The minimum atomic E-state index is -0.333. The molecule has 0 aliphatic carbocycles. The van der Waals surface area contributed by atoms with Crippen LogP contribution in [-0.4, -0.2) is 33.3 Å². The minimum Gasteiger partial charge on any atom is -0.370 e. The third-order valence-electron chi connectivity index (χ3n) is 0. The third kappa shape index (κ3) is 546. The van der Waals surface area contributed by atoms with E-state index < -0.39 is 0 Å². The quantitative estimate of drug-likeness (QED) is 0.282. The SMILES string of the molecule is N=C(N)N.[Pb]. The van der Waals surface area contributed by atoms with Crippen LogP contribution in [0.4, 0.5) is 0 Å². The number of nitrogens with one attached hydrogen (secondary N) is 1. The molecule has 0 saturated heterocycles. The third-order valence-corrected chi connectivity index (χ3v) is 0. The summed E-state index contributed by atoms with van der Waals surface area (Å²) in [6.45, 7) is 0. The minimum absolute atomic E-state index is 0. The van der Waals surface area contributed by atoms with Gasteiger partial charge in [-0.25, -0.2) is 0 Å². The normalized spacial score (nSPS) is 4.80. The first-order chi connectivity index (χ1) is 1.73. The molecule has 5 N–H and O–H groups in total. The molecule has 0 aromatic rings. The van der Waals surface area contributed by atoms with E-state index in [1.54, 1.807) is 0 Å². The molecule has 0 fully saturated rings. The smallest absolute Gasteiger partial charge is 0.183 e. The largest absolute Gasteiger partial charge is 0.370 e. The molecule has 4 radical (unpaired) electrons. The zero-order valence-corrected chi connectivity index (χ0v) is 6.54. The van der Waals surface area contributed by atoms with Crippen molar-refractivity contribution in [3.63, 3.8) is 0 Å². The van der Waals surface area contributed by atoms with Crippen LogP contribution in [0.25, 0.3) is 0 Å². The van der Waals surface area contributed by atoms with E-state index in [-0.39, 0.29) is 33.3 Å². The van der Waals surface area contributed by atoms with E-state index >= 15 is 0 Å². The van der Waals surface area contributed by atoms with E-state index in [0.29, 0.717) is 0 Å². The summed E-state index contributed by atoms with van der Waals surface area (Å²) in [6, 6.07) is 0. The predicted octanol–water partition coefficient (Wildman–Crippen LogP) is -1.54. The fourth-order valence-electron chi connectivity index (χ4n) is 0. The summed E-state index contributed by atoms with van der Waals surface area (Å²) in [6.07, 6.45) is 0. The maximum atomic E-state index is 6.06. The summed E-state index contributed by atoms with van der Waals surface area (Å²) >= 11 is 0. The van der Waals surface area contributed by atoms with Crippen molar-refractivity contribution in [2.45, 2.75) is 0 Å². The van der Waals surface area contributed by atoms with Gasteiger partial charge in [0.05, 0.1) is 0 Å². The van der Waals surface area contributed by atoms with Crippen LogP contribution in [0.5, 0.6) is 0 Å². The van der Waals surface area contributed by atoms with Crippen molar-refractivity contribution in [1.82, 2.24) is 0 Å². The topological polar surface area (TPSA) is 75.9 Å². The first-order valence-electron chi connectivity index (χ1n) is 0.827. The van der Waals surface area contributed by atoms with E-state index in [1.807, 2.05) is 0 Å². The van der Waals surface area contributed by atoms with E-state index in [9.17, 15) is 0 Å². The number of hydrogen-bond donors (Lipinski definition) is 3. The Morgan fingerprint density at radius 3 is 1.40 bits per heavy atom. The van der Waals surface area contributed by atoms with Gasteiger partial charge in [-0.1, -0.05) is 0 Å². The molecule has 4 heteroatoms. The molecule has 0 aromatic carbocycles. The van der Waals surface area contributed by atoms with Crippen LogP contribution in [0.15, 0.2) is 0 Å². The van der Waals surface area contributed by atoms with Gasteiger partial charge in [-0.2, -0.15) is 0 Å². The summed E-state index contributed by atoms with van der Waals surface area (Å²) in [5, 5.41) is 6.06. The standard InChI is InChI=1S/CH5N3.Pb/c2-1(3)4;/h(H5,2,3,4);. The van der Waals surface area contributed by atoms with Crippen LogP contribution in [-0.2, 0) is 0 Å². The Bertz CT molecular complexity index is 29.9. The molecule has 0 aliphatic heterocycles. The van der Waals surface area contributed by atoms with Gasteiger partial charge in [0, 0.05) is 27.3 Å². The fourth-order valence-corrected chi connectivity index (χ4v) is 0. The molecular formula is CH5N3Pb. The number of rotatable bonds is 0. The van der Waals surface area contributed by atoms with Crippen LogP contribution in [0, 0.1) is 5.41 Å². The van der Waals surface area contributed by atoms with E-state index in [2.05, 4.69) is 11.5 Å². The van der Waals surface area contributed by atoms with Crippen LogP contribution < -0.4 is 11.5 Å². The van der Waals surface area contributed by atoms with E-state index in [4.69, 9.17) is 5.41 Å². The monoisotopic (exact) mass is 267 g/mol. The van der Waals surface area contributed by atoms with Gasteiger partial charge >= 0.3 is 0 Å². The molecule has 0 bridgehead atoms. The molecule has 28 valence electrons. The van der Waals surface area contributed by atoms with Gasteiger partial charge in [0.25, 0.3) is 0 Å². The van der Waals surface area contributed by atoms with Crippen LogP contribution in [0.1, 0.15) is 0 Å². The average Bonchev–Trinajstić information content (AvgIpc) is 0.811. The van der Waals surface area contributed by atoms with Crippen molar-refractivity contribution >= 4 is 33.3 Å². The van der Waals surface area contributed by atoms with Crippen molar-refractivity contribution < 1.29 is 0 Å². The molecule has 0 aliphatic rings. The first kappa shape index (κ1) is 8.95. The number of nitrogens with two attached hydrogens (primary N) is 2. The number of hydrogen-bond acceptors (Lipinski definition) is 1. The van der Waals surface area contributed by atoms with E-state index in [0.717, 1.165) is 0 Å². The van der Waals surface area contributed by atoms with Crippen molar-refractivity contribution in [2.75, 3.05) is 0 Å². The second-order valence-electron chi connectivity index (χ2n) is 0.455. The van der Waals surface area contributed by atoms with Crippen molar-refractivity contribution in [3.8, 4) is 0 Å². The predicted molar refractivity (Wildman–Crippen MR) is 21.9 cm³/mol. The Kier molecular flexibility index (Phi) is 7.51. The van der Waals surface area contributed by atoms with Crippen LogP contribution in [0.3, 0.4) is 0 Å². The molecule has 0 amide bonds. The zero-order valence-electron chi connectivity index (χ0n) is 2.65. The second kappa shape index (κ2) is 4.19. The molecule has 5 heavy (non-hydrogen) atoms. The summed E-state index contributed by atoms with van der Waals surface area (Å²) in [5.74, 6) is -0.333. The Morgan fingerprint density at radius 2 is 1.40 bits per heavy atom. The Labute approximate surface area is 50.4 Å². The van der Waals surface area contributed by atoms with E-state index in [1.165, 1.54) is 0 Å². The molecule has 0 aromatic heterocycles. The summed E-state index contributed by atoms with van der Waals surface area (Å²) in [4.78, 5) is 0. The fraction of sp³-hybridized carbons (Fsp3) is 0. The van der Waals surface area contributed by atoms with Crippen LogP contribution >= 0.6 is 0 Å². The molecular weight excluding hydrogens is 261 g/mol. The summed E-state index contributed by atoms with van der Waals surface area (Å²) in [7, 11) is 0. The van der Waals surface area contributed by atoms with Gasteiger partial charge in [-0.15, -0.1) is 0 Å². The summed E-state index contributed by atoms with van der Waals surface area (Å²) in [5.41, 5.74) is 8.94. The second-order valence-corrected chi connectivity index (χ2v) is 0.455. The zero-order chi connectivity index (χ0) is 3.58. The molecule has 0 saturated carbocycles. The average molecular weight is 266 g/mol. The van der Waals surface area contributed by atoms with Gasteiger partial charge in [-0.05, 0) is 0 Å². The summed E-state index contributed by atoms with van der Waals surface area (Å²) < 4.78 is 0. The van der Waals surface area contributed by atoms with Gasteiger partial charge in [0.15, 0.2) is 5.96 Å². The van der Waals surface area contributed by atoms with Crippen molar-refractivity contribution in [1.29, 1.82) is 5.41 Å². The Hall–Kier alpha value is 0.192. The first-order valence-corrected chi connectivity index (χ1v) is 0.827. The molecule has 0 heterocycles. The van der Waals surface area contributed by atoms with Gasteiger partial charge in [-0.3, -0.25) is 5.41 Å². The van der Waals surface area contributed by atoms with Gasteiger partial charge < -0.3 is 11.5 Å². The Balaban J connectivity index is 0. The molecule has 0 atom stereocenters.